The summed E-state index contributed by atoms with van der Waals surface area (Å²) < 4.78 is 13.1. The predicted molar refractivity (Wildman–Crippen MR) is 173 cm³/mol. The van der Waals surface area contributed by atoms with Crippen molar-refractivity contribution >= 4 is 78.6 Å². The molecule has 1 fully saturated rings. The number of furan rings is 1. The fraction of sp³-hybridized carbons (Fsp3) is 0.0968. The van der Waals surface area contributed by atoms with Crippen molar-refractivity contribution in [3.63, 3.8) is 0 Å². The highest BCUT2D eigenvalue weighted by atomic mass is 79.9. The second-order valence-electron chi connectivity index (χ2n) is 9.15. The third kappa shape index (κ3) is 7.87. The summed E-state index contributed by atoms with van der Waals surface area (Å²) in [6.45, 7) is 1.98. The van der Waals surface area contributed by atoms with E-state index in [0.717, 1.165) is 20.1 Å². The van der Waals surface area contributed by atoms with Gasteiger partial charge in [-0.25, -0.2) is 0 Å². The number of nitrogens with one attached hydrogen (secondary N) is 1. The number of halogens is 2. The average molecular weight is 708 g/mol. The van der Waals surface area contributed by atoms with Crippen molar-refractivity contribution in [1.82, 2.24) is 4.90 Å². The first-order valence-electron chi connectivity index (χ1n) is 12.7. The van der Waals surface area contributed by atoms with Crippen LogP contribution in [0.5, 0.6) is 5.75 Å². The Morgan fingerprint density at radius 1 is 1.05 bits per heavy atom. The number of carbonyl (C=O) groups is 2. The summed E-state index contributed by atoms with van der Waals surface area (Å²) in [5.41, 5.74) is 3.28. The molecule has 1 saturated heterocycles. The Bertz CT molecular complexity index is 1670. The molecule has 0 bridgehead atoms. The largest absolute Gasteiger partial charge is 0.483 e. The number of hydrogen-bond donors (Lipinski definition) is 1. The zero-order chi connectivity index (χ0) is 29.5. The van der Waals surface area contributed by atoms with Gasteiger partial charge >= 0.3 is 0 Å². The lowest BCUT2D eigenvalue weighted by atomic mass is 10.2. The van der Waals surface area contributed by atoms with Crippen LogP contribution in [-0.4, -0.2) is 34.7 Å². The van der Waals surface area contributed by atoms with Gasteiger partial charge < -0.3 is 14.5 Å². The molecule has 1 aliphatic heterocycles. The van der Waals surface area contributed by atoms with Crippen LogP contribution < -0.4 is 10.1 Å². The number of anilines is 1. The van der Waals surface area contributed by atoms with E-state index in [1.807, 2.05) is 67.6 Å². The normalized spacial score (nSPS) is 15.2. The van der Waals surface area contributed by atoms with Crippen LogP contribution in [0.1, 0.15) is 22.5 Å². The van der Waals surface area contributed by atoms with Crippen molar-refractivity contribution < 1.29 is 18.7 Å². The molecule has 1 aliphatic rings. The fourth-order valence-electron chi connectivity index (χ4n) is 3.86. The van der Waals surface area contributed by atoms with E-state index in [0.29, 0.717) is 32.8 Å². The Morgan fingerprint density at radius 2 is 1.81 bits per heavy atom. The van der Waals surface area contributed by atoms with Crippen LogP contribution in [0.15, 0.2) is 114 Å². The van der Waals surface area contributed by atoms with Crippen molar-refractivity contribution in [3.05, 3.63) is 121 Å². The second kappa shape index (κ2) is 13.8. The minimum atomic E-state index is -0.297. The van der Waals surface area contributed by atoms with Gasteiger partial charge in [-0.2, -0.15) is 5.10 Å². The van der Waals surface area contributed by atoms with E-state index >= 15 is 0 Å². The second-order valence-corrected chi connectivity index (χ2v) is 12.0. The van der Waals surface area contributed by atoms with Gasteiger partial charge in [0.05, 0.1) is 23.9 Å². The summed E-state index contributed by atoms with van der Waals surface area (Å²) in [6, 6.07) is 24.1. The maximum atomic E-state index is 13.5. The van der Waals surface area contributed by atoms with Crippen molar-refractivity contribution in [2.24, 2.45) is 10.2 Å². The summed E-state index contributed by atoms with van der Waals surface area (Å²) in [4.78, 5) is 28.0. The number of nitrogens with zero attached hydrogens (tertiary/aromatic N) is 3. The standard InChI is InChI=1S/C31H24Br2N4O4S/c1-20-4-11-25(12-5-20)35-29(38)19-41-27-13-10-24(33)15-22(27)16-28-30(39)37(18-26-3-2-14-40-26)31(42-28)36-34-17-21-6-8-23(32)9-7-21/h2-17H,18-19H2,1H3,(H,35,38)/b28-16-,34-17-,36-31+. The van der Waals surface area contributed by atoms with Crippen LogP contribution in [0.4, 0.5) is 5.69 Å². The molecule has 5 rings (SSSR count). The smallest absolute Gasteiger partial charge is 0.267 e. The molecule has 1 N–H and O–H groups in total. The van der Waals surface area contributed by atoms with Gasteiger partial charge in [-0.05, 0) is 84.9 Å². The topological polar surface area (TPSA) is 96.5 Å². The number of hydrogen-bond acceptors (Lipinski definition) is 7. The highest BCUT2D eigenvalue weighted by molar-refractivity contribution is 9.10. The number of rotatable bonds is 9. The van der Waals surface area contributed by atoms with E-state index in [-0.39, 0.29) is 25.0 Å². The number of aryl methyl sites for hydroxylation is 1. The Labute approximate surface area is 263 Å². The average Bonchev–Trinajstić information content (AvgIpc) is 3.59. The van der Waals surface area contributed by atoms with Crippen LogP contribution in [-0.2, 0) is 16.1 Å². The molecular formula is C31H24Br2N4O4S. The molecule has 3 aromatic carbocycles. The molecule has 1 aromatic heterocycles. The molecule has 0 radical (unpaired) electrons. The first kappa shape index (κ1) is 29.6. The first-order valence-corrected chi connectivity index (χ1v) is 15.1. The van der Waals surface area contributed by atoms with Gasteiger partial charge in [-0.15, -0.1) is 5.10 Å². The third-order valence-electron chi connectivity index (χ3n) is 5.95. The van der Waals surface area contributed by atoms with Gasteiger partial charge in [0, 0.05) is 20.2 Å². The van der Waals surface area contributed by atoms with Gasteiger partial charge in [-0.3, -0.25) is 14.5 Å². The van der Waals surface area contributed by atoms with Crippen molar-refractivity contribution in [3.8, 4) is 5.75 Å². The molecule has 0 saturated carbocycles. The maximum Gasteiger partial charge on any atom is 0.267 e. The Morgan fingerprint density at radius 3 is 2.55 bits per heavy atom. The van der Waals surface area contributed by atoms with E-state index in [1.165, 1.54) is 16.7 Å². The highest BCUT2D eigenvalue weighted by Gasteiger charge is 2.34. The lowest BCUT2D eigenvalue weighted by molar-refractivity contribution is -0.122. The molecule has 4 aromatic rings. The lowest BCUT2D eigenvalue weighted by Crippen LogP contribution is -2.28. The van der Waals surface area contributed by atoms with Gasteiger partial charge in [0.2, 0.25) is 0 Å². The van der Waals surface area contributed by atoms with Gasteiger partial charge in [0.15, 0.2) is 11.8 Å². The number of benzene rings is 3. The molecule has 2 heterocycles. The minimum absolute atomic E-state index is 0.198. The monoisotopic (exact) mass is 706 g/mol. The Hall–Kier alpha value is -3.93. The molecule has 42 heavy (non-hydrogen) atoms. The van der Waals surface area contributed by atoms with E-state index in [1.54, 1.807) is 36.8 Å². The number of ether oxygens (including phenoxy) is 1. The summed E-state index contributed by atoms with van der Waals surface area (Å²) in [5, 5.41) is 11.8. The fourth-order valence-corrected chi connectivity index (χ4v) is 5.43. The molecular weight excluding hydrogens is 684 g/mol. The molecule has 0 aliphatic carbocycles. The zero-order valence-corrected chi connectivity index (χ0v) is 26.3. The van der Waals surface area contributed by atoms with E-state index in [9.17, 15) is 9.59 Å². The number of amides is 2. The van der Waals surface area contributed by atoms with Gasteiger partial charge in [0.25, 0.3) is 11.8 Å². The van der Waals surface area contributed by atoms with E-state index < -0.39 is 0 Å². The Balaban J connectivity index is 1.36. The minimum Gasteiger partial charge on any atom is -0.483 e. The summed E-state index contributed by atoms with van der Waals surface area (Å²) in [6.07, 6.45) is 4.91. The van der Waals surface area contributed by atoms with Crippen LogP contribution in [0.25, 0.3) is 6.08 Å². The van der Waals surface area contributed by atoms with Gasteiger partial charge in [-0.1, -0.05) is 61.7 Å². The van der Waals surface area contributed by atoms with Crippen LogP contribution in [0.2, 0.25) is 0 Å². The summed E-state index contributed by atoms with van der Waals surface area (Å²) in [7, 11) is 0. The quantitative estimate of drug-likeness (QED) is 0.110. The van der Waals surface area contributed by atoms with Gasteiger partial charge in [0.1, 0.15) is 11.5 Å². The highest BCUT2D eigenvalue weighted by Crippen LogP contribution is 2.36. The first-order chi connectivity index (χ1) is 20.3. The van der Waals surface area contributed by atoms with Crippen molar-refractivity contribution in [2.75, 3.05) is 11.9 Å². The maximum absolute atomic E-state index is 13.5. The summed E-state index contributed by atoms with van der Waals surface area (Å²) >= 11 is 8.11. The predicted octanol–water partition coefficient (Wildman–Crippen LogP) is 7.64. The van der Waals surface area contributed by atoms with E-state index in [2.05, 4.69) is 47.4 Å². The van der Waals surface area contributed by atoms with Crippen molar-refractivity contribution in [1.29, 1.82) is 0 Å². The SMILES string of the molecule is Cc1ccc(NC(=O)COc2ccc(Br)cc2/C=C2\S/C(=N/N=C\c3ccc(Br)cc3)N(Cc3ccco3)C2=O)cc1. The van der Waals surface area contributed by atoms with Crippen LogP contribution >= 0.6 is 43.6 Å². The van der Waals surface area contributed by atoms with Crippen molar-refractivity contribution in [2.45, 2.75) is 13.5 Å². The number of amidine groups is 1. The Kier molecular flexibility index (Phi) is 9.73. The molecule has 11 heteroatoms. The molecule has 0 atom stereocenters. The number of thioether (sulfide) groups is 1. The zero-order valence-electron chi connectivity index (χ0n) is 22.3. The number of carbonyl (C=O) groups excluding carboxylic acids is 2. The van der Waals surface area contributed by atoms with Crippen LogP contribution in [0.3, 0.4) is 0 Å². The van der Waals surface area contributed by atoms with E-state index in [4.69, 9.17) is 9.15 Å². The third-order valence-corrected chi connectivity index (χ3v) is 7.97. The lowest BCUT2D eigenvalue weighted by Gasteiger charge is -2.13. The van der Waals surface area contributed by atoms with Crippen LogP contribution in [0, 0.1) is 6.92 Å². The molecule has 0 unspecified atom stereocenters. The molecule has 2 amide bonds. The summed E-state index contributed by atoms with van der Waals surface area (Å²) in [5.74, 6) is 0.515. The molecule has 8 nitrogen and oxygen atoms in total. The molecule has 212 valence electrons. The molecule has 0 spiro atoms.